The van der Waals surface area contributed by atoms with Crippen LogP contribution < -0.4 is 11.0 Å². The first-order valence-corrected chi connectivity index (χ1v) is 11.5. The Hall–Kier alpha value is -3.61. The lowest BCUT2D eigenvalue weighted by Crippen LogP contribution is -2.47. The molecule has 1 aliphatic heterocycles. The van der Waals surface area contributed by atoms with E-state index in [4.69, 9.17) is 0 Å². The fraction of sp³-hybridized carbons (Fsp3) is 0.346. The lowest BCUT2D eigenvalue weighted by atomic mass is 10.0. The summed E-state index contributed by atoms with van der Waals surface area (Å²) >= 11 is 0. The Morgan fingerprint density at radius 2 is 1.79 bits per heavy atom. The summed E-state index contributed by atoms with van der Waals surface area (Å²) in [6.07, 6.45) is 3.24. The van der Waals surface area contributed by atoms with Gasteiger partial charge >= 0.3 is 11.7 Å². The second-order valence-corrected chi connectivity index (χ2v) is 9.13. The van der Waals surface area contributed by atoms with Gasteiger partial charge in [0.05, 0.1) is 5.52 Å². The predicted molar refractivity (Wildman–Crippen MR) is 131 cm³/mol. The molecule has 0 radical (unpaired) electrons. The second kappa shape index (κ2) is 8.39. The van der Waals surface area contributed by atoms with Gasteiger partial charge in [0.25, 0.3) is 0 Å². The standard InChI is InChI=1S/C26H29N5O2/c1-17(2)28-25(32)30-14-11-21(12-15-30)31-24-23(29(3)26(31)33)22(10-13-27-24)20-9-8-18-6-4-5-7-19(18)16-20/h4-10,13,16-17,21H,11-12,14-15H2,1-3H3,(H,28,32). The normalized spacial score (nSPS) is 15.0. The number of benzene rings is 2. The Bertz CT molecular complexity index is 1390. The molecule has 1 aliphatic rings. The molecule has 7 nitrogen and oxygen atoms in total. The number of fused-ring (bicyclic) bond motifs is 2. The highest BCUT2D eigenvalue weighted by Crippen LogP contribution is 2.32. The monoisotopic (exact) mass is 443 g/mol. The van der Waals surface area contributed by atoms with Gasteiger partial charge in [0.15, 0.2) is 5.65 Å². The number of amides is 2. The predicted octanol–water partition coefficient (Wildman–Crippen LogP) is 4.31. The number of nitrogens with one attached hydrogen (secondary N) is 1. The van der Waals surface area contributed by atoms with Crippen LogP contribution >= 0.6 is 0 Å². The third kappa shape index (κ3) is 3.77. The zero-order chi connectivity index (χ0) is 23.1. The minimum Gasteiger partial charge on any atom is -0.336 e. The Morgan fingerprint density at radius 1 is 1.06 bits per heavy atom. The van der Waals surface area contributed by atoms with E-state index >= 15 is 0 Å². The lowest BCUT2D eigenvalue weighted by Gasteiger charge is -2.32. The Kier molecular flexibility index (Phi) is 5.40. The quantitative estimate of drug-likeness (QED) is 0.513. The Balaban J connectivity index is 1.51. The maximum Gasteiger partial charge on any atom is 0.330 e. The fourth-order valence-corrected chi connectivity index (χ4v) is 4.88. The number of aryl methyl sites for hydroxylation is 1. The highest BCUT2D eigenvalue weighted by molar-refractivity contribution is 5.94. The van der Waals surface area contributed by atoms with Crippen molar-refractivity contribution in [2.75, 3.05) is 13.1 Å². The molecule has 2 aromatic heterocycles. The van der Waals surface area contributed by atoms with Gasteiger partial charge < -0.3 is 10.2 Å². The van der Waals surface area contributed by atoms with Gasteiger partial charge in [0.1, 0.15) is 0 Å². The molecule has 2 amide bonds. The first-order valence-electron chi connectivity index (χ1n) is 11.5. The van der Waals surface area contributed by atoms with Crippen molar-refractivity contribution < 1.29 is 4.79 Å². The van der Waals surface area contributed by atoms with Crippen molar-refractivity contribution in [1.82, 2.24) is 24.3 Å². The third-order valence-corrected chi connectivity index (χ3v) is 6.55. The van der Waals surface area contributed by atoms with Crippen LogP contribution in [0.25, 0.3) is 33.1 Å². The van der Waals surface area contributed by atoms with E-state index in [9.17, 15) is 9.59 Å². The van der Waals surface area contributed by atoms with Crippen molar-refractivity contribution in [3.8, 4) is 11.1 Å². The Morgan fingerprint density at radius 3 is 2.52 bits per heavy atom. The van der Waals surface area contributed by atoms with E-state index in [1.807, 2.05) is 48.6 Å². The summed E-state index contributed by atoms with van der Waals surface area (Å²) in [4.78, 5) is 32.2. The van der Waals surface area contributed by atoms with Crippen LogP contribution in [0, 0.1) is 0 Å². The number of carbonyl (C=O) groups excluding carboxylic acids is 1. The van der Waals surface area contributed by atoms with Gasteiger partial charge in [0.2, 0.25) is 0 Å². The van der Waals surface area contributed by atoms with Crippen molar-refractivity contribution in [3.05, 3.63) is 65.2 Å². The van der Waals surface area contributed by atoms with Crippen LogP contribution in [0.5, 0.6) is 0 Å². The van der Waals surface area contributed by atoms with E-state index in [1.165, 1.54) is 5.39 Å². The fourth-order valence-electron chi connectivity index (χ4n) is 4.88. The molecule has 2 aromatic carbocycles. The number of nitrogens with zero attached hydrogens (tertiary/aromatic N) is 4. The molecule has 1 fully saturated rings. The summed E-state index contributed by atoms with van der Waals surface area (Å²) in [5.74, 6) is 0. The number of pyridine rings is 1. The van der Waals surface area contributed by atoms with Crippen molar-refractivity contribution in [3.63, 3.8) is 0 Å². The average molecular weight is 444 g/mol. The van der Waals surface area contributed by atoms with Gasteiger partial charge in [0, 0.05) is 44.0 Å². The molecule has 3 heterocycles. The Labute approximate surface area is 192 Å². The van der Waals surface area contributed by atoms with Gasteiger partial charge in [-0.1, -0.05) is 36.4 Å². The molecule has 0 atom stereocenters. The van der Waals surface area contributed by atoms with E-state index < -0.39 is 0 Å². The summed E-state index contributed by atoms with van der Waals surface area (Å²) in [6, 6.07) is 16.7. The number of imidazole rings is 1. The van der Waals surface area contributed by atoms with Crippen LogP contribution in [-0.2, 0) is 7.05 Å². The van der Waals surface area contributed by atoms with Crippen molar-refractivity contribution in [1.29, 1.82) is 0 Å². The largest absolute Gasteiger partial charge is 0.336 e. The molecule has 7 heteroatoms. The van der Waals surface area contributed by atoms with Crippen LogP contribution in [0.15, 0.2) is 59.5 Å². The van der Waals surface area contributed by atoms with Gasteiger partial charge in [-0.15, -0.1) is 0 Å². The smallest absolute Gasteiger partial charge is 0.330 e. The van der Waals surface area contributed by atoms with E-state index in [0.29, 0.717) is 18.7 Å². The highest BCUT2D eigenvalue weighted by atomic mass is 16.2. The zero-order valence-corrected chi connectivity index (χ0v) is 19.3. The molecule has 1 N–H and O–H groups in total. The summed E-state index contributed by atoms with van der Waals surface area (Å²) in [7, 11) is 1.82. The second-order valence-electron chi connectivity index (χ2n) is 9.13. The first kappa shape index (κ1) is 21.2. The molecule has 33 heavy (non-hydrogen) atoms. The number of rotatable bonds is 3. The SMILES string of the molecule is CC(C)NC(=O)N1CCC(n2c(=O)n(C)c3c(-c4ccc5ccccc5c4)ccnc32)CC1. The zero-order valence-electron chi connectivity index (χ0n) is 19.3. The molecular weight excluding hydrogens is 414 g/mol. The maximum absolute atomic E-state index is 13.3. The molecule has 0 unspecified atom stereocenters. The molecule has 170 valence electrons. The van der Waals surface area contributed by atoms with E-state index in [0.717, 1.165) is 34.9 Å². The summed E-state index contributed by atoms with van der Waals surface area (Å²) in [6.45, 7) is 5.16. The first-order chi connectivity index (χ1) is 15.9. The minimum atomic E-state index is -0.0594. The number of piperidine rings is 1. The molecule has 0 saturated carbocycles. The molecule has 1 saturated heterocycles. The number of aromatic nitrogens is 3. The molecule has 5 rings (SSSR count). The van der Waals surface area contributed by atoms with Crippen LogP contribution in [0.3, 0.4) is 0 Å². The van der Waals surface area contributed by atoms with Gasteiger partial charge in [-0.3, -0.25) is 9.13 Å². The topological polar surface area (TPSA) is 72.2 Å². The highest BCUT2D eigenvalue weighted by Gasteiger charge is 2.28. The van der Waals surface area contributed by atoms with Crippen molar-refractivity contribution in [2.45, 2.75) is 38.8 Å². The van der Waals surface area contributed by atoms with Crippen LogP contribution in [0.2, 0.25) is 0 Å². The van der Waals surface area contributed by atoms with Gasteiger partial charge in [-0.05, 0) is 55.2 Å². The molecule has 4 aromatic rings. The van der Waals surface area contributed by atoms with Crippen molar-refractivity contribution >= 4 is 28.0 Å². The van der Waals surface area contributed by atoms with Crippen LogP contribution in [0.1, 0.15) is 32.7 Å². The van der Waals surface area contributed by atoms with E-state index in [2.05, 4.69) is 40.6 Å². The van der Waals surface area contributed by atoms with Crippen LogP contribution in [0.4, 0.5) is 4.79 Å². The maximum atomic E-state index is 13.3. The number of urea groups is 1. The summed E-state index contributed by atoms with van der Waals surface area (Å²) < 4.78 is 3.54. The average Bonchev–Trinajstić information content (AvgIpc) is 3.08. The molecular formula is C26H29N5O2. The minimum absolute atomic E-state index is 0.0173. The van der Waals surface area contributed by atoms with Crippen molar-refractivity contribution in [2.24, 2.45) is 7.05 Å². The lowest BCUT2D eigenvalue weighted by molar-refractivity contribution is 0.169. The third-order valence-electron chi connectivity index (χ3n) is 6.55. The number of carbonyl (C=O) groups is 1. The summed E-state index contributed by atoms with van der Waals surface area (Å²) in [5.41, 5.74) is 3.55. The molecule has 0 spiro atoms. The number of likely N-dealkylation sites (tertiary alicyclic amines) is 1. The molecule has 0 bridgehead atoms. The van der Waals surface area contributed by atoms with Gasteiger partial charge in [-0.2, -0.15) is 0 Å². The number of hydrogen-bond donors (Lipinski definition) is 1. The number of hydrogen-bond acceptors (Lipinski definition) is 3. The summed E-state index contributed by atoms with van der Waals surface area (Å²) in [5, 5.41) is 5.30. The van der Waals surface area contributed by atoms with E-state index in [-0.39, 0.29) is 23.8 Å². The van der Waals surface area contributed by atoms with E-state index in [1.54, 1.807) is 10.8 Å². The van der Waals surface area contributed by atoms with Gasteiger partial charge in [-0.25, -0.2) is 14.6 Å². The van der Waals surface area contributed by atoms with Crippen LogP contribution in [-0.4, -0.2) is 44.2 Å². The molecule has 0 aliphatic carbocycles.